The molecule has 0 aromatic heterocycles. The first-order chi connectivity index (χ1) is 8.85. The standard InChI is InChI=1S/C15H23NO2S/c1-12(2)19(17,18)11-10-15(16)9-5-7-13-6-3-4-8-14(13)15/h3-4,6,8,12H,5,7,9-11,16H2,1-2H3. The third kappa shape index (κ3) is 3.00. The monoisotopic (exact) mass is 281 g/mol. The van der Waals surface area contributed by atoms with E-state index in [1.54, 1.807) is 13.8 Å². The maximum absolute atomic E-state index is 12.0. The van der Waals surface area contributed by atoms with Crippen LogP contribution in [0.5, 0.6) is 0 Å². The van der Waals surface area contributed by atoms with E-state index in [0.29, 0.717) is 6.42 Å². The molecule has 19 heavy (non-hydrogen) atoms. The van der Waals surface area contributed by atoms with Gasteiger partial charge in [0.2, 0.25) is 0 Å². The van der Waals surface area contributed by atoms with Crippen molar-refractivity contribution in [3.63, 3.8) is 0 Å². The first-order valence-electron chi connectivity index (χ1n) is 6.94. The Morgan fingerprint density at radius 1 is 1.32 bits per heavy atom. The largest absolute Gasteiger partial charge is 0.321 e. The third-order valence-electron chi connectivity index (χ3n) is 4.17. The Labute approximate surface area is 116 Å². The fraction of sp³-hybridized carbons (Fsp3) is 0.600. The van der Waals surface area contributed by atoms with Crippen LogP contribution in [0.4, 0.5) is 0 Å². The Balaban J connectivity index is 2.21. The Morgan fingerprint density at radius 3 is 2.68 bits per heavy atom. The highest BCUT2D eigenvalue weighted by atomic mass is 32.2. The molecule has 0 heterocycles. The number of aryl methyl sites for hydroxylation is 1. The zero-order valence-corrected chi connectivity index (χ0v) is 12.5. The zero-order chi connectivity index (χ0) is 14.1. The normalized spacial score (nSPS) is 23.4. The van der Waals surface area contributed by atoms with E-state index in [1.807, 2.05) is 12.1 Å². The van der Waals surface area contributed by atoms with Crippen molar-refractivity contribution in [3.05, 3.63) is 35.4 Å². The van der Waals surface area contributed by atoms with E-state index in [0.717, 1.165) is 24.8 Å². The van der Waals surface area contributed by atoms with Crippen molar-refractivity contribution in [2.45, 2.75) is 50.3 Å². The molecule has 0 saturated carbocycles. The summed E-state index contributed by atoms with van der Waals surface area (Å²) >= 11 is 0. The van der Waals surface area contributed by atoms with Crippen LogP contribution in [0.1, 0.15) is 44.2 Å². The lowest BCUT2D eigenvalue weighted by Gasteiger charge is -2.36. The van der Waals surface area contributed by atoms with Gasteiger partial charge in [-0.1, -0.05) is 24.3 Å². The fourth-order valence-electron chi connectivity index (χ4n) is 2.77. The molecule has 3 nitrogen and oxygen atoms in total. The first kappa shape index (κ1) is 14.5. The van der Waals surface area contributed by atoms with Crippen molar-refractivity contribution in [3.8, 4) is 0 Å². The minimum Gasteiger partial charge on any atom is -0.321 e. The molecule has 0 aliphatic heterocycles. The van der Waals surface area contributed by atoms with E-state index in [9.17, 15) is 8.42 Å². The average molecular weight is 281 g/mol. The third-order valence-corrected chi connectivity index (χ3v) is 6.38. The number of rotatable bonds is 4. The molecule has 0 fully saturated rings. The van der Waals surface area contributed by atoms with Gasteiger partial charge >= 0.3 is 0 Å². The second kappa shape index (κ2) is 5.25. The van der Waals surface area contributed by atoms with Crippen LogP contribution in [0.25, 0.3) is 0 Å². The first-order valence-corrected chi connectivity index (χ1v) is 8.65. The molecule has 1 aromatic rings. The molecular formula is C15H23NO2S. The van der Waals surface area contributed by atoms with Crippen LogP contribution >= 0.6 is 0 Å². The van der Waals surface area contributed by atoms with Gasteiger partial charge in [-0.15, -0.1) is 0 Å². The van der Waals surface area contributed by atoms with Crippen LogP contribution in [0.2, 0.25) is 0 Å². The number of sulfone groups is 1. The fourth-order valence-corrected chi connectivity index (χ4v) is 3.89. The van der Waals surface area contributed by atoms with Crippen molar-refractivity contribution >= 4 is 9.84 Å². The molecule has 4 heteroatoms. The quantitative estimate of drug-likeness (QED) is 0.922. The van der Waals surface area contributed by atoms with Gasteiger partial charge in [-0.25, -0.2) is 8.42 Å². The van der Waals surface area contributed by atoms with Gasteiger partial charge in [0.15, 0.2) is 9.84 Å². The lowest BCUT2D eigenvalue weighted by Crippen LogP contribution is -2.42. The molecule has 0 amide bonds. The summed E-state index contributed by atoms with van der Waals surface area (Å²) in [5.41, 5.74) is 8.45. The summed E-state index contributed by atoms with van der Waals surface area (Å²) in [6, 6.07) is 8.17. The minimum atomic E-state index is -3.02. The molecule has 0 radical (unpaired) electrons. The molecule has 1 aliphatic carbocycles. The molecule has 2 rings (SSSR count). The van der Waals surface area contributed by atoms with Crippen LogP contribution in [-0.4, -0.2) is 19.4 Å². The molecule has 106 valence electrons. The number of nitrogens with two attached hydrogens (primary N) is 1. The smallest absolute Gasteiger partial charge is 0.152 e. The summed E-state index contributed by atoms with van der Waals surface area (Å²) in [7, 11) is -3.02. The minimum absolute atomic E-state index is 0.176. The van der Waals surface area contributed by atoms with Gasteiger partial charge in [0.05, 0.1) is 11.0 Å². The highest BCUT2D eigenvalue weighted by Gasteiger charge is 2.33. The van der Waals surface area contributed by atoms with Gasteiger partial charge in [-0.2, -0.15) is 0 Å². The molecule has 1 aliphatic rings. The van der Waals surface area contributed by atoms with Crippen LogP contribution in [-0.2, 0) is 21.8 Å². The molecule has 1 unspecified atom stereocenters. The summed E-state index contributed by atoms with van der Waals surface area (Å²) in [4.78, 5) is 0. The zero-order valence-electron chi connectivity index (χ0n) is 11.7. The van der Waals surface area contributed by atoms with Gasteiger partial charge in [0.1, 0.15) is 0 Å². The Kier molecular flexibility index (Phi) is 4.02. The van der Waals surface area contributed by atoms with E-state index in [-0.39, 0.29) is 11.0 Å². The van der Waals surface area contributed by atoms with Crippen molar-refractivity contribution < 1.29 is 8.42 Å². The average Bonchev–Trinajstić information content (AvgIpc) is 2.37. The van der Waals surface area contributed by atoms with Gasteiger partial charge in [-0.3, -0.25) is 0 Å². The van der Waals surface area contributed by atoms with Crippen molar-refractivity contribution in [2.75, 3.05) is 5.75 Å². The topological polar surface area (TPSA) is 60.2 Å². The SMILES string of the molecule is CC(C)S(=O)(=O)CCC1(N)CCCc2ccccc21. The summed E-state index contributed by atoms with van der Waals surface area (Å²) < 4.78 is 23.9. The van der Waals surface area contributed by atoms with E-state index in [4.69, 9.17) is 5.73 Å². The predicted molar refractivity (Wildman–Crippen MR) is 78.8 cm³/mol. The number of fused-ring (bicyclic) bond motifs is 1. The summed E-state index contributed by atoms with van der Waals surface area (Å²) in [5.74, 6) is 0.176. The van der Waals surface area contributed by atoms with Gasteiger partial charge < -0.3 is 5.73 Å². The summed E-state index contributed by atoms with van der Waals surface area (Å²) in [5, 5.41) is -0.324. The van der Waals surface area contributed by atoms with Crippen LogP contribution in [0, 0.1) is 0 Å². The molecular weight excluding hydrogens is 258 g/mol. The van der Waals surface area contributed by atoms with Crippen LogP contribution in [0.3, 0.4) is 0 Å². The molecule has 0 spiro atoms. The maximum Gasteiger partial charge on any atom is 0.152 e. The Hall–Kier alpha value is -0.870. The highest BCUT2D eigenvalue weighted by molar-refractivity contribution is 7.91. The Bertz CT molecular complexity index is 551. The molecule has 1 aromatic carbocycles. The number of hydrogen-bond donors (Lipinski definition) is 1. The van der Waals surface area contributed by atoms with E-state index < -0.39 is 15.4 Å². The van der Waals surface area contributed by atoms with Crippen LogP contribution < -0.4 is 5.73 Å². The van der Waals surface area contributed by atoms with E-state index in [1.165, 1.54) is 5.56 Å². The number of hydrogen-bond acceptors (Lipinski definition) is 3. The van der Waals surface area contributed by atoms with Gasteiger partial charge in [0, 0.05) is 5.54 Å². The number of benzene rings is 1. The second-order valence-corrected chi connectivity index (χ2v) is 8.51. The van der Waals surface area contributed by atoms with Crippen molar-refractivity contribution in [1.29, 1.82) is 0 Å². The molecule has 0 bridgehead atoms. The summed E-state index contributed by atoms with van der Waals surface area (Å²) in [6.07, 6.45) is 3.48. The molecule has 0 saturated heterocycles. The van der Waals surface area contributed by atoms with Crippen molar-refractivity contribution in [1.82, 2.24) is 0 Å². The van der Waals surface area contributed by atoms with E-state index >= 15 is 0 Å². The predicted octanol–water partition coefficient (Wildman–Crippen LogP) is 2.39. The molecule has 2 N–H and O–H groups in total. The van der Waals surface area contributed by atoms with E-state index in [2.05, 4.69) is 12.1 Å². The molecule has 1 atom stereocenters. The van der Waals surface area contributed by atoms with Gasteiger partial charge in [0.25, 0.3) is 0 Å². The highest BCUT2D eigenvalue weighted by Crippen LogP contribution is 2.36. The lowest BCUT2D eigenvalue weighted by molar-refractivity contribution is 0.360. The van der Waals surface area contributed by atoms with Crippen LogP contribution in [0.15, 0.2) is 24.3 Å². The van der Waals surface area contributed by atoms with Gasteiger partial charge in [-0.05, 0) is 50.7 Å². The maximum atomic E-state index is 12.0. The Morgan fingerprint density at radius 2 is 2.00 bits per heavy atom. The second-order valence-electron chi connectivity index (χ2n) is 5.83. The summed E-state index contributed by atoms with van der Waals surface area (Å²) in [6.45, 7) is 3.46. The lowest BCUT2D eigenvalue weighted by atomic mass is 9.76. The van der Waals surface area contributed by atoms with Crippen molar-refractivity contribution in [2.24, 2.45) is 5.73 Å².